The zero-order chi connectivity index (χ0) is 18.9. The third-order valence-corrected chi connectivity index (χ3v) is 7.23. The highest BCUT2D eigenvalue weighted by Gasteiger charge is 2.33. The van der Waals surface area contributed by atoms with Crippen molar-refractivity contribution in [3.63, 3.8) is 0 Å². The molecule has 0 saturated carbocycles. The smallest absolute Gasteiger partial charge is 0.243 e. The molecule has 2 saturated heterocycles. The molecule has 9 heteroatoms. The Morgan fingerprint density at radius 2 is 1.93 bits per heavy atom. The van der Waals surface area contributed by atoms with Crippen LogP contribution in [0, 0.1) is 5.92 Å². The topological polar surface area (TPSA) is 94.2 Å². The lowest BCUT2D eigenvalue weighted by Crippen LogP contribution is -2.44. The Morgan fingerprint density at radius 3 is 2.67 bits per heavy atom. The first-order chi connectivity index (χ1) is 13.0. The molecule has 3 aliphatic rings. The molecule has 1 unspecified atom stereocenters. The maximum Gasteiger partial charge on any atom is 0.243 e. The van der Waals surface area contributed by atoms with Crippen LogP contribution < -0.4 is 14.8 Å². The average molecular weight is 396 g/mol. The van der Waals surface area contributed by atoms with Crippen molar-refractivity contribution >= 4 is 15.9 Å². The fourth-order valence-electron chi connectivity index (χ4n) is 3.71. The average Bonchev–Trinajstić information content (AvgIpc) is 3.37. The van der Waals surface area contributed by atoms with E-state index in [-0.39, 0.29) is 29.6 Å². The number of carbonyl (C=O) groups excluding carboxylic acids is 1. The fraction of sp³-hybridized carbons (Fsp3) is 0.611. The number of hydrogen-bond donors (Lipinski definition) is 1. The summed E-state index contributed by atoms with van der Waals surface area (Å²) < 4.78 is 43.2. The first-order valence-corrected chi connectivity index (χ1v) is 10.8. The van der Waals surface area contributed by atoms with Gasteiger partial charge in [0, 0.05) is 38.2 Å². The molecule has 3 heterocycles. The zero-order valence-electron chi connectivity index (χ0n) is 15.1. The second-order valence-corrected chi connectivity index (χ2v) is 9.01. The molecule has 1 aromatic rings. The standard InChI is InChI=1S/C18H24N2O6S/c21-18(19-11-14-2-1-9-24-14)13-5-7-20(8-6-13)27(22,23)15-3-4-16-17(10-15)26-12-25-16/h3-4,10,13-14H,1-2,5-9,11-12H2,(H,19,21). The first kappa shape index (κ1) is 18.5. The lowest BCUT2D eigenvalue weighted by molar-refractivity contribution is -0.126. The van der Waals surface area contributed by atoms with E-state index in [1.807, 2.05) is 0 Å². The molecule has 0 aromatic heterocycles. The molecule has 3 aliphatic heterocycles. The second-order valence-electron chi connectivity index (χ2n) is 7.07. The van der Waals surface area contributed by atoms with E-state index in [1.54, 1.807) is 6.07 Å². The second kappa shape index (κ2) is 7.65. The summed E-state index contributed by atoms with van der Waals surface area (Å²) in [6.07, 6.45) is 3.16. The molecular weight excluding hydrogens is 372 g/mol. The molecule has 1 aromatic carbocycles. The predicted octanol–water partition coefficient (Wildman–Crippen LogP) is 1.11. The SMILES string of the molecule is O=C(NCC1CCCO1)C1CCN(S(=O)(=O)c2ccc3c(c2)OCO3)CC1. The molecule has 27 heavy (non-hydrogen) atoms. The van der Waals surface area contributed by atoms with E-state index in [4.69, 9.17) is 14.2 Å². The molecule has 0 bridgehead atoms. The van der Waals surface area contributed by atoms with Crippen LogP contribution in [0.25, 0.3) is 0 Å². The number of nitrogens with one attached hydrogen (secondary N) is 1. The highest BCUT2D eigenvalue weighted by molar-refractivity contribution is 7.89. The molecule has 1 amide bonds. The Balaban J connectivity index is 1.33. The molecule has 4 rings (SSSR count). The molecule has 2 fully saturated rings. The number of sulfonamides is 1. The lowest BCUT2D eigenvalue weighted by Gasteiger charge is -2.30. The van der Waals surface area contributed by atoms with E-state index in [0.29, 0.717) is 44.0 Å². The number of piperidine rings is 1. The quantitative estimate of drug-likeness (QED) is 0.801. The summed E-state index contributed by atoms with van der Waals surface area (Å²) in [5, 5.41) is 2.95. The van der Waals surface area contributed by atoms with E-state index in [2.05, 4.69) is 5.32 Å². The van der Waals surface area contributed by atoms with Crippen molar-refractivity contribution in [1.29, 1.82) is 0 Å². The molecule has 1 N–H and O–H groups in total. The number of benzene rings is 1. The third kappa shape index (κ3) is 3.90. The van der Waals surface area contributed by atoms with Gasteiger partial charge in [0.05, 0.1) is 11.0 Å². The van der Waals surface area contributed by atoms with Gasteiger partial charge in [-0.05, 0) is 37.8 Å². The van der Waals surface area contributed by atoms with Gasteiger partial charge in [0.25, 0.3) is 0 Å². The van der Waals surface area contributed by atoms with Crippen LogP contribution in [-0.4, -0.2) is 57.8 Å². The Kier molecular flexibility index (Phi) is 5.25. The van der Waals surface area contributed by atoms with Crippen LogP contribution in [-0.2, 0) is 19.6 Å². The van der Waals surface area contributed by atoms with Gasteiger partial charge in [-0.25, -0.2) is 8.42 Å². The highest BCUT2D eigenvalue weighted by atomic mass is 32.2. The Bertz CT molecular complexity index is 798. The van der Waals surface area contributed by atoms with Gasteiger partial charge in [0.2, 0.25) is 22.7 Å². The largest absolute Gasteiger partial charge is 0.454 e. The summed E-state index contributed by atoms with van der Waals surface area (Å²) in [6, 6.07) is 4.64. The summed E-state index contributed by atoms with van der Waals surface area (Å²) in [7, 11) is -3.61. The van der Waals surface area contributed by atoms with Gasteiger partial charge >= 0.3 is 0 Å². The van der Waals surface area contributed by atoms with Crippen molar-refractivity contribution < 1.29 is 27.4 Å². The number of rotatable bonds is 5. The summed E-state index contributed by atoms with van der Waals surface area (Å²) in [5.74, 6) is 0.829. The van der Waals surface area contributed by atoms with Crippen molar-refractivity contribution in [1.82, 2.24) is 9.62 Å². The zero-order valence-corrected chi connectivity index (χ0v) is 15.9. The van der Waals surface area contributed by atoms with Gasteiger partial charge in [-0.1, -0.05) is 0 Å². The Labute approximate surface area is 158 Å². The number of fused-ring (bicyclic) bond motifs is 1. The van der Waals surface area contributed by atoms with Crippen LogP contribution >= 0.6 is 0 Å². The number of hydrogen-bond acceptors (Lipinski definition) is 6. The molecular formula is C18H24N2O6S. The van der Waals surface area contributed by atoms with E-state index < -0.39 is 10.0 Å². The summed E-state index contributed by atoms with van der Waals surface area (Å²) in [4.78, 5) is 12.5. The van der Waals surface area contributed by atoms with Gasteiger partial charge in [-0.3, -0.25) is 4.79 Å². The number of nitrogens with zero attached hydrogens (tertiary/aromatic N) is 1. The van der Waals surface area contributed by atoms with Gasteiger partial charge in [-0.2, -0.15) is 4.31 Å². The van der Waals surface area contributed by atoms with Crippen LogP contribution in [0.2, 0.25) is 0 Å². The molecule has 1 atom stereocenters. The minimum atomic E-state index is -3.61. The van der Waals surface area contributed by atoms with Crippen LogP contribution in [0.4, 0.5) is 0 Å². The van der Waals surface area contributed by atoms with Gasteiger partial charge in [-0.15, -0.1) is 0 Å². The lowest BCUT2D eigenvalue weighted by atomic mass is 9.97. The monoisotopic (exact) mass is 396 g/mol. The molecule has 0 aliphatic carbocycles. The van der Waals surface area contributed by atoms with Crippen molar-refractivity contribution in [2.24, 2.45) is 5.92 Å². The summed E-state index contributed by atoms with van der Waals surface area (Å²) in [5.41, 5.74) is 0. The summed E-state index contributed by atoms with van der Waals surface area (Å²) >= 11 is 0. The number of ether oxygens (including phenoxy) is 3. The third-order valence-electron chi connectivity index (χ3n) is 5.33. The Morgan fingerprint density at radius 1 is 1.15 bits per heavy atom. The van der Waals surface area contributed by atoms with Crippen LogP contribution in [0.3, 0.4) is 0 Å². The molecule has 8 nitrogen and oxygen atoms in total. The maximum absolute atomic E-state index is 12.9. The van der Waals surface area contributed by atoms with E-state index in [1.165, 1.54) is 16.4 Å². The minimum absolute atomic E-state index is 0.00868. The van der Waals surface area contributed by atoms with Gasteiger partial charge in [0.15, 0.2) is 11.5 Å². The van der Waals surface area contributed by atoms with Gasteiger partial charge in [0.1, 0.15) is 0 Å². The van der Waals surface area contributed by atoms with E-state index >= 15 is 0 Å². The van der Waals surface area contributed by atoms with Crippen molar-refractivity contribution in [3.05, 3.63) is 18.2 Å². The minimum Gasteiger partial charge on any atom is -0.454 e. The summed E-state index contributed by atoms with van der Waals surface area (Å²) in [6.45, 7) is 2.06. The van der Waals surface area contributed by atoms with Crippen molar-refractivity contribution in [2.75, 3.05) is 33.0 Å². The molecule has 0 radical (unpaired) electrons. The van der Waals surface area contributed by atoms with E-state index in [9.17, 15) is 13.2 Å². The van der Waals surface area contributed by atoms with Crippen molar-refractivity contribution in [3.8, 4) is 11.5 Å². The highest BCUT2D eigenvalue weighted by Crippen LogP contribution is 2.35. The van der Waals surface area contributed by atoms with Gasteiger partial charge < -0.3 is 19.5 Å². The van der Waals surface area contributed by atoms with Crippen LogP contribution in [0.15, 0.2) is 23.1 Å². The molecule has 0 spiro atoms. The van der Waals surface area contributed by atoms with Crippen LogP contribution in [0.1, 0.15) is 25.7 Å². The Hall–Kier alpha value is -1.84. The predicted molar refractivity (Wildman–Crippen MR) is 96.0 cm³/mol. The fourth-order valence-corrected chi connectivity index (χ4v) is 5.19. The maximum atomic E-state index is 12.9. The van der Waals surface area contributed by atoms with Crippen LogP contribution in [0.5, 0.6) is 11.5 Å². The first-order valence-electron chi connectivity index (χ1n) is 9.33. The van der Waals surface area contributed by atoms with Crippen molar-refractivity contribution in [2.45, 2.75) is 36.7 Å². The number of amides is 1. The number of carbonyl (C=O) groups is 1. The molecule has 148 valence electrons. The normalized spacial score (nSPS) is 23.5. The van der Waals surface area contributed by atoms with E-state index in [0.717, 1.165) is 19.4 Å².